The molecular weight excluding hydrogens is 442 g/mol. The van der Waals surface area contributed by atoms with E-state index in [4.69, 9.17) is 4.98 Å². The molecule has 3 aromatic rings. The van der Waals surface area contributed by atoms with E-state index in [1.807, 2.05) is 18.2 Å². The third-order valence-electron chi connectivity index (χ3n) is 6.56. The molecule has 168 valence electrons. The van der Waals surface area contributed by atoms with Gasteiger partial charge in [0.25, 0.3) is 5.91 Å². The maximum absolute atomic E-state index is 13.1. The van der Waals surface area contributed by atoms with Crippen LogP contribution in [0.2, 0.25) is 0 Å². The molecule has 1 N–H and O–H groups in total. The number of hydrogen-bond acceptors (Lipinski definition) is 5. The van der Waals surface area contributed by atoms with Crippen molar-refractivity contribution in [2.75, 3.05) is 13.1 Å². The lowest BCUT2D eigenvalue weighted by molar-refractivity contribution is 0.0937. The Hall–Kier alpha value is -2.29. The molecule has 0 unspecified atom stereocenters. The Morgan fingerprint density at radius 2 is 1.66 bits per heavy atom. The van der Waals surface area contributed by atoms with Crippen LogP contribution in [0, 0.1) is 0 Å². The van der Waals surface area contributed by atoms with E-state index in [9.17, 15) is 13.2 Å². The van der Waals surface area contributed by atoms with Crippen molar-refractivity contribution in [1.82, 2.24) is 14.6 Å². The molecular formula is C24H27N3O3S2. The van der Waals surface area contributed by atoms with Gasteiger partial charge in [-0.25, -0.2) is 13.4 Å². The Kier molecular flexibility index (Phi) is 6.01. The number of fused-ring (bicyclic) bond motifs is 1. The summed E-state index contributed by atoms with van der Waals surface area (Å²) in [6.45, 7) is 0.958. The highest BCUT2D eigenvalue weighted by Gasteiger charge is 2.31. The molecule has 1 aliphatic carbocycles. The van der Waals surface area contributed by atoms with E-state index in [0.29, 0.717) is 24.6 Å². The summed E-state index contributed by atoms with van der Waals surface area (Å²) in [5, 5.41) is 4.14. The summed E-state index contributed by atoms with van der Waals surface area (Å²) in [5.74, 6) is 0.165. The van der Waals surface area contributed by atoms with Crippen LogP contribution in [0.3, 0.4) is 0 Å². The second kappa shape index (κ2) is 8.92. The van der Waals surface area contributed by atoms with E-state index in [0.717, 1.165) is 49.0 Å². The zero-order chi connectivity index (χ0) is 22.1. The minimum atomic E-state index is -3.57. The van der Waals surface area contributed by atoms with Crippen molar-refractivity contribution in [2.24, 2.45) is 0 Å². The van der Waals surface area contributed by atoms with Crippen molar-refractivity contribution in [3.05, 3.63) is 59.1 Å². The minimum absolute atomic E-state index is 0.127. The highest BCUT2D eigenvalue weighted by molar-refractivity contribution is 7.89. The van der Waals surface area contributed by atoms with E-state index in [2.05, 4.69) is 11.4 Å². The lowest BCUT2D eigenvalue weighted by Crippen LogP contribution is -2.38. The first-order valence-electron chi connectivity index (χ1n) is 11.3. The predicted molar refractivity (Wildman–Crippen MR) is 127 cm³/mol. The number of carbonyl (C=O) groups is 1. The Morgan fingerprint density at radius 3 is 2.34 bits per heavy atom. The lowest BCUT2D eigenvalue weighted by atomic mass is 9.99. The topological polar surface area (TPSA) is 79.4 Å². The zero-order valence-electron chi connectivity index (χ0n) is 17.9. The van der Waals surface area contributed by atoms with Crippen LogP contribution in [0.5, 0.6) is 0 Å². The zero-order valence-corrected chi connectivity index (χ0v) is 19.5. The molecule has 5 rings (SSSR count). The highest BCUT2D eigenvalue weighted by atomic mass is 32.2. The van der Waals surface area contributed by atoms with E-state index >= 15 is 0 Å². The third kappa shape index (κ3) is 4.31. The van der Waals surface area contributed by atoms with Crippen LogP contribution in [0.1, 0.15) is 59.8 Å². The second-order valence-electron chi connectivity index (χ2n) is 8.68. The SMILES string of the molecule is O=C(NC1CCCC1)c1ccc(S(=O)(=O)N2CCC(c3nc4ccccc4s3)CC2)cc1. The van der Waals surface area contributed by atoms with Gasteiger partial charge in [0.15, 0.2) is 0 Å². The number of para-hydroxylation sites is 1. The largest absolute Gasteiger partial charge is 0.349 e. The van der Waals surface area contributed by atoms with Crippen LogP contribution >= 0.6 is 11.3 Å². The third-order valence-corrected chi connectivity index (χ3v) is 9.67. The molecule has 6 nitrogen and oxygen atoms in total. The Balaban J connectivity index is 1.23. The normalized spacial score (nSPS) is 18.9. The maximum atomic E-state index is 13.1. The van der Waals surface area contributed by atoms with E-state index in [1.54, 1.807) is 39.9 Å². The fraction of sp³-hybridized carbons (Fsp3) is 0.417. The van der Waals surface area contributed by atoms with Crippen molar-refractivity contribution < 1.29 is 13.2 Å². The first-order valence-corrected chi connectivity index (χ1v) is 13.5. The van der Waals surface area contributed by atoms with Crippen LogP contribution in [0.4, 0.5) is 0 Å². The molecule has 0 bridgehead atoms. The first kappa shape index (κ1) is 21.6. The fourth-order valence-corrected chi connectivity index (χ4v) is 7.28. The number of hydrogen-bond donors (Lipinski definition) is 1. The summed E-state index contributed by atoms with van der Waals surface area (Å²) in [7, 11) is -3.57. The molecule has 2 aliphatic rings. The number of carbonyl (C=O) groups excluding carboxylic acids is 1. The second-order valence-corrected chi connectivity index (χ2v) is 11.7. The number of sulfonamides is 1. The van der Waals surface area contributed by atoms with Gasteiger partial charge in [0, 0.05) is 30.6 Å². The van der Waals surface area contributed by atoms with Gasteiger partial charge in [-0.05, 0) is 62.1 Å². The first-order chi connectivity index (χ1) is 15.5. The number of nitrogens with zero attached hydrogens (tertiary/aromatic N) is 2. The number of thiazole rings is 1. The van der Waals surface area contributed by atoms with Crippen LogP contribution < -0.4 is 5.32 Å². The molecule has 8 heteroatoms. The van der Waals surface area contributed by atoms with E-state index < -0.39 is 10.0 Å². The van der Waals surface area contributed by atoms with Gasteiger partial charge in [0.2, 0.25) is 10.0 Å². The van der Waals surface area contributed by atoms with Gasteiger partial charge < -0.3 is 5.32 Å². The van der Waals surface area contributed by atoms with Gasteiger partial charge in [0.05, 0.1) is 20.1 Å². The molecule has 1 saturated heterocycles. The maximum Gasteiger partial charge on any atom is 0.251 e. The number of nitrogens with one attached hydrogen (secondary N) is 1. The fourth-order valence-electron chi connectivity index (χ4n) is 4.67. The van der Waals surface area contributed by atoms with Crippen molar-refractivity contribution in [3.8, 4) is 0 Å². The van der Waals surface area contributed by atoms with Gasteiger partial charge in [-0.1, -0.05) is 25.0 Å². The van der Waals surface area contributed by atoms with Gasteiger partial charge in [0.1, 0.15) is 0 Å². The van der Waals surface area contributed by atoms with Crippen molar-refractivity contribution in [3.63, 3.8) is 0 Å². The Labute approximate surface area is 192 Å². The molecule has 1 amide bonds. The molecule has 2 fully saturated rings. The minimum Gasteiger partial charge on any atom is -0.349 e. The number of benzene rings is 2. The molecule has 0 radical (unpaired) electrons. The van der Waals surface area contributed by atoms with Gasteiger partial charge in [-0.2, -0.15) is 4.31 Å². The number of amides is 1. The summed E-state index contributed by atoms with van der Waals surface area (Å²) >= 11 is 1.71. The van der Waals surface area contributed by atoms with Gasteiger partial charge in [-0.15, -0.1) is 11.3 Å². The van der Waals surface area contributed by atoms with Crippen molar-refractivity contribution in [1.29, 1.82) is 0 Å². The van der Waals surface area contributed by atoms with Crippen LogP contribution in [-0.4, -0.2) is 42.7 Å². The summed E-state index contributed by atoms with van der Waals surface area (Å²) in [5.41, 5.74) is 1.52. The van der Waals surface area contributed by atoms with Gasteiger partial charge >= 0.3 is 0 Å². The molecule has 1 aliphatic heterocycles. The standard InChI is InChI=1S/C24H27N3O3S2/c28-23(25-19-5-1-2-6-19)17-9-11-20(12-10-17)32(29,30)27-15-13-18(14-16-27)24-26-21-7-3-4-8-22(21)31-24/h3-4,7-12,18-19H,1-2,5-6,13-16H2,(H,25,28). The van der Waals surface area contributed by atoms with Crippen molar-refractivity contribution >= 4 is 37.5 Å². The predicted octanol–water partition coefficient (Wildman–Crippen LogP) is 4.54. The van der Waals surface area contributed by atoms with Crippen LogP contribution in [0.15, 0.2) is 53.4 Å². The van der Waals surface area contributed by atoms with Gasteiger partial charge in [-0.3, -0.25) is 4.79 Å². The van der Waals surface area contributed by atoms with Crippen LogP contribution in [0.25, 0.3) is 10.2 Å². The highest BCUT2D eigenvalue weighted by Crippen LogP contribution is 2.35. The number of rotatable bonds is 5. The quantitative estimate of drug-likeness (QED) is 0.595. The summed E-state index contributed by atoms with van der Waals surface area (Å²) in [4.78, 5) is 17.4. The summed E-state index contributed by atoms with van der Waals surface area (Å²) in [6, 6.07) is 14.7. The molecule has 0 atom stereocenters. The molecule has 2 heterocycles. The average Bonchev–Trinajstić information content (AvgIpc) is 3.49. The Morgan fingerprint density at radius 1 is 0.969 bits per heavy atom. The molecule has 32 heavy (non-hydrogen) atoms. The molecule has 1 aromatic heterocycles. The number of piperidine rings is 1. The smallest absolute Gasteiger partial charge is 0.251 e. The molecule has 1 saturated carbocycles. The van der Waals surface area contributed by atoms with Crippen LogP contribution in [-0.2, 0) is 10.0 Å². The summed E-state index contributed by atoms with van der Waals surface area (Å²) < 4.78 is 29.0. The number of aromatic nitrogens is 1. The molecule has 0 spiro atoms. The Bertz CT molecular complexity index is 1170. The summed E-state index contributed by atoms with van der Waals surface area (Å²) in [6.07, 6.45) is 5.87. The van der Waals surface area contributed by atoms with E-state index in [-0.39, 0.29) is 16.8 Å². The lowest BCUT2D eigenvalue weighted by Gasteiger charge is -2.30. The molecule has 2 aromatic carbocycles. The van der Waals surface area contributed by atoms with Crippen molar-refractivity contribution in [2.45, 2.75) is 55.4 Å². The average molecular weight is 470 g/mol. The van der Waals surface area contributed by atoms with E-state index in [1.165, 1.54) is 4.70 Å². The monoisotopic (exact) mass is 469 g/mol.